The number of aliphatic hydroxyl groups excluding tert-OH is 1. The number of carbonyl (C=O) groups excluding carboxylic acids is 1. The third-order valence-corrected chi connectivity index (χ3v) is 7.22. The molecule has 1 aliphatic carbocycles. The predicted molar refractivity (Wildman–Crippen MR) is 155 cm³/mol. The van der Waals surface area contributed by atoms with Gasteiger partial charge in [-0.1, -0.05) is 6.07 Å². The van der Waals surface area contributed by atoms with Crippen molar-refractivity contribution >= 4 is 39.7 Å². The Hall–Kier alpha value is -4.64. The van der Waals surface area contributed by atoms with E-state index in [0.717, 1.165) is 47.7 Å². The van der Waals surface area contributed by atoms with Gasteiger partial charge in [0.05, 0.1) is 18.2 Å². The molecular formula is C30H32N6O5. The molecule has 1 amide bonds. The van der Waals surface area contributed by atoms with Crippen molar-refractivity contribution in [1.29, 1.82) is 0 Å². The number of ether oxygens (including phenoxy) is 2. The lowest BCUT2D eigenvalue weighted by Gasteiger charge is -2.16. The van der Waals surface area contributed by atoms with Gasteiger partial charge < -0.3 is 34.6 Å². The molecule has 0 saturated heterocycles. The van der Waals surface area contributed by atoms with Crippen LogP contribution in [0.25, 0.3) is 33.3 Å². The van der Waals surface area contributed by atoms with Crippen LogP contribution >= 0.6 is 0 Å². The van der Waals surface area contributed by atoms with Crippen LogP contribution in [0.3, 0.4) is 0 Å². The first-order chi connectivity index (χ1) is 20.0. The molecule has 0 bridgehead atoms. The van der Waals surface area contributed by atoms with Gasteiger partial charge in [0.25, 0.3) is 5.91 Å². The molecule has 212 valence electrons. The minimum Gasteiger partial charge on any atom is -0.495 e. The lowest BCUT2D eigenvalue weighted by Crippen LogP contribution is -2.25. The maximum atomic E-state index is 12.5. The molecule has 4 N–H and O–H groups in total. The summed E-state index contributed by atoms with van der Waals surface area (Å²) in [7, 11) is 1.54. The Labute approximate surface area is 236 Å². The molecule has 11 nitrogen and oxygen atoms in total. The molecule has 6 rings (SSSR count). The van der Waals surface area contributed by atoms with E-state index in [9.17, 15) is 4.79 Å². The Morgan fingerprint density at radius 3 is 2.80 bits per heavy atom. The molecule has 0 spiro atoms. The van der Waals surface area contributed by atoms with Crippen LogP contribution in [0, 0.1) is 6.92 Å². The van der Waals surface area contributed by atoms with Crippen molar-refractivity contribution in [3.63, 3.8) is 0 Å². The maximum Gasteiger partial charge on any atom is 0.251 e. The van der Waals surface area contributed by atoms with Gasteiger partial charge in [-0.2, -0.15) is 9.97 Å². The number of oxazole rings is 1. The minimum atomic E-state index is -0.245. The van der Waals surface area contributed by atoms with E-state index in [1.54, 1.807) is 18.2 Å². The Kier molecular flexibility index (Phi) is 7.43. The number of rotatable bonds is 10. The highest BCUT2D eigenvalue weighted by atomic mass is 16.5. The summed E-state index contributed by atoms with van der Waals surface area (Å²) >= 11 is 0. The molecule has 0 aliphatic heterocycles. The highest BCUT2D eigenvalue weighted by molar-refractivity contribution is 5.99. The van der Waals surface area contributed by atoms with E-state index in [0.29, 0.717) is 58.9 Å². The molecule has 1 aliphatic rings. The van der Waals surface area contributed by atoms with Crippen LogP contribution in [0.5, 0.6) is 11.6 Å². The summed E-state index contributed by atoms with van der Waals surface area (Å²) in [5, 5.41) is 15.8. The fraction of sp³-hybridized carbons (Fsp3) is 0.333. The Morgan fingerprint density at radius 2 is 2.00 bits per heavy atom. The van der Waals surface area contributed by atoms with Gasteiger partial charge in [-0.25, -0.2) is 4.98 Å². The number of hydrogen-bond acceptors (Lipinski definition) is 9. The van der Waals surface area contributed by atoms with Gasteiger partial charge in [-0.15, -0.1) is 0 Å². The molecule has 11 heteroatoms. The highest BCUT2D eigenvalue weighted by Gasteiger charge is 2.23. The second-order valence-corrected chi connectivity index (χ2v) is 10.1. The van der Waals surface area contributed by atoms with Crippen LogP contribution in [-0.4, -0.2) is 57.3 Å². The van der Waals surface area contributed by atoms with Crippen LogP contribution in [0.4, 0.5) is 11.6 Å². The Balaban J connectivity index is 1.35. The first kappa shape index (κ1) is 26.6. The van der Waals surface area contributed by atoms with Gasteiger partial charge in [-0.3, -0.25) is 4.79 Å². The Morgan fingerprint density at radius 1 is 1.15 bits per heavy atom. The molecule has 3 heterocycles. The van der Waals surface area contributed by atoms with E-state index in [-0.39, 0.29) is 18.6 Å². The molecule has 3 aromatic heterocycles. The number of amides is 1. The minimum absolute atomic E-state index is 0.0158. The summed E-state index contributed by atoms with van der Waals surface area (Å²) in [5.41, 5.74) is 5.03. The van der Waals surface area contributed by atoms with Gasteiger partial charge in [0.1, 0.15) is 23.0 Å². The van der Waals surface area contributed by atoms with Crippen LogP contribution in [-0.2, 0) is 0 Å². The number of hydrogen-bond donors (Lipinski definition) is 4. The topological polar surface area (TPSA) is 147 Å². The molecule has 0 atom stereocenters. The highest BCUT2D eigenvalue weighted by Crippen LogP contribution is 2.38. The lowest BCUT2D eigenvalue weighted by atomic mass is 10.1. The number of H-pyrrole nitrogens is 1. The number of aromatic nitrogens is 4. The zero-order valence-electron chi connectivity index (χ0n) is 23.0. The second kappa shape index (κ2) is 11.5. The van der Waals surface area contributed by atoms with Crippen molar-refractivity contribution in [3.05, 3.63) is 54.0 Å². The number of aromatic amines is 1. The summed E-state index contributed by atoms with van der Waals surface area (Å²) in [6.45, 7) is 2.24. The SMILES string of the molecule is COc1cc(C(=O)NCCCO)ccc1Nc1nc(OC2CCCC2)c2c(-c3ccc4nc(C)oc4c3)c[nH]c2n1. The zero-order chi connectivity index (χ0) is 28.3. The van der Waals surface area contributed by atoms with Crippen LogP contribution in [0.1, 0.15) is 48.4 Å². The van der Waals surface area contributed by atoms with Gasteiger partial charge in [-0.05, 0) is 68.0 Å². The summed E-state index contributed by atoms with van der Waals surface area (Å²) in [6.07, 6.45) is 6.69. The third kappa shape index (κ3) is 5.53. The number of aliphatic hydroxyl groups is 1. The number of nitrogens with zero attached hydrogens (tertiary/aromatic N) is 3. The number of nitrogens with one attached hydrogen (secondary N) is 3. The number of fused-ring (bicyclic) bond motifs is 2. The van der Waals surface area contributed by atoms with Crippen molar-refractivity contribution in [2.75, 3.05) is 25.6 Å². The molecule has 41 heavy (non-hydrogen) atoms. The van der Waals surface area contributed by atoms with Crippen LogP contribution in [0.2, 0.25) is 0 Å². The first-order valence-electron chi connectivity index (χ1n) is 13.8. The largest absolute Gasteiger partial charge is 0.495 e. The molecule has 2 aromatic carbocycles. The average Bonchev–Trinajstić information content (AvgIpc) is 3.72. The quantitative estimate of drug-likeness (QED) is 0.169. The van der Waals surface area contributed by atoms with Crippen LogP contribution in [0.15, 0.2) is 47.0 Å². The maximum absolute atomic E-state index is 12.5. The summed E-state index contributed by atoms with van der Waals surface area (Å²) in [4.78, 5) is 29.7. The van der Waals surface area contributed by atoms with Gasteiger partial charge in [0.15, 0.2) is 11.5 Å². The molecular weight excluding hydrogens is 524 g/mol. The number of anilines is 2. The van der Waals surface area contributed by atoms with Gasteiger partial charge in [0.2, 0.25) is 11.8 Å². The normalized spacial score (nSPS) is 13.6. The van der Waals surface area contributed by atoms with Crippen molar-refractivity contribution in [2.45, 2.75) is 45.1 Å². The number of carbonyl (C=O) groups is 1. The zero-order valence-corrected chi connectivity index (χ0v) is 23.0. The predicted octanol–water partition coefficient (Wildman–Crippen LogP) is 5.26. The number of benzene rings is 2. The lowest BCUT2D eigenvalue weighted by molar-refractivity contribution is 0.0951. The van der Waals surface area contributed by atoms with Crippen molar-refractivity contribution in [3.8, 4) is 22.8 Å². The van der Waals surface area contributed by atoms with Crippen molar-refractivity contribution in [1.82, 2.24) is 25.3 Å². The molecule has 1 saturated carbocycles. The fourth-order valence-electron chi connectivity index (χ4n) is 5.18. The number of aryl methyl sites for hydroxylation is 1. The van der Waals surface area contributed by atoms with Gasteiger partial charge >= 0.3 is 0 Å². The molecule has 0 unspecified atom stereocenters. The molecule has 0 radical (unpaired) electrons. The van der Waals surface area contributed by atoms with Crippen molar-refractivity contribution in [2.24, 2.45) is 0 Å². The average molecular weight is 557 g/mol. The van der Waals surface area contributed by atoms with E-state index in [2.05, 4.69) is 20.6 Å². The summed E-state index contributed by atoms with van der Waals surface area (Å²) in [5.74, 6) is 1.66. The van der Waals surface area contributed by atoms with E-state index in [1.807, 2.05) is 31.3 Å². The second-order valence-electron chi connectivity index (χ2n) is 10.1. The molecule has 1 fully saturated rings. The fourth-order valence-corrected chi connectivity index (χ4v) is 5.18. The van der Waals surface area contributed by atoms with E-state index in [4.69, 9.17) is 29.0 Å². The summed E-state index contributed by atoms with van der Waals surface area (Å²) in [6, 6.07) is 11.0. The third-order valence-electron chi connectivity index (χ3n) is 7.22. The van der Waals surface area contributed by atoms with E-state index >= 15 is 0 Å². The smallest absolute Gasteiger partial charge is 0.251 e. The summed E-state index contributed by atoms with van der Waals surface area (Å²) < 4.78 is 17.8. The molecule has 5 aromatic rings. The van der Waals surface area contributed by atoms with Gasteiger partial charge in [0, 0.05) is 37.4 Å². The Bertz CT molecular complexity index is 1700. The monoisotopic (exact) mass is 556 g/mol. The van der Waals surface area contributed by atoms with Crippen molar-refractivity contribution < 1.29 is 23.8 Å². The van der Waals surface area contributed by atoms with E-state index < -0.39 is 0 Å². The van der Waals surface area contributed by atoms with Crippen LogP contribution < -0.4 is 20.1 Å². The number of methoxy groups -OCH3 is 1. The standard InChI is InChI=1S/C30H32N6O5/c1-17-33-23-10-8-18(14-25(23)40-17)21-16-32-27-26(21)29(41-20-6-3-4-7-20)36-30(35-27)34-22-11-9-19(15-24(22)39-2)28(38)31-12-5-13-37/h8-11,14-16,20,37H,3-7,12-13H2,1-2H3,(H,31,38)(H2,32,34,35,36). The van der Waals surface area contributed by atoms with E-state index in [1.165, 1.54) is 7.11 Å². The first-order valence-corrected chi connectivity index (χ1v) is 13.8.